The summed E-state index contributed by atoms with van der Waals surface area (Å²) in [5, 5.41) is 5.69. The number of nitrogens with one attached hydrogen (secondary N) is 2. The summed E-state index contributed by atoms with van der Waals surface area (Å²) in [5.74, 6) is 0.547. The Hall–Kier alpha value is -2.36. The van der Waals surface area contributed by atoms with Gasteiger partial charge >= 0.3 is 6.03 Å². The lowest BCUT2D eigenvalue weighted by Crippen LogP contribution is -2.36. The molecular formula is C18H23N3O. The summed E-state index contributed by atoms with van der Waals surface area (Å²) in [6.45, 7) is 5.48. The number of urea groups is 1. The van der Waals surface area contributed by atoms with E-state index in [4.69, 9.17) is 0 Å². The Bertz CT molecular complexity index is 579. The molecule has 4 heteroatoms. The Kier molecular flexibility index (Phi) is 5.95. The predicted octanol–water partition coefficient (Wildman–Crippen LogP) is 3.25. The monoisotopic (exact) mass is 297 g/mol. The molecule has 2 amide bonds. The number of carbonyl (C=O) groups is 1. The summed E-state index contributed by atoms with van der Waals surface area (Å²) < 4.78 is 0. The molecule has 2 rings (SSSR count). The summed E-state index contributed by atoms with van der Waals surface area (Å²) in [6.07, 6.45) is 4.30. The molecule has 0 aliphatic heterocycles. The highest BCUT2D eigenvalue weighted by Crippen LogP contribution is 2.14. The lowest BCUT2D eigenvalue weighted by molar-refractivity contribution is 0.240. The van der Waals surface area contributed by atoms with Gasteiger partial charge in [0, 0.05) is 25.5 Å². The first-order valence-electron chi connectivity index (χ1n) is 7.64. The molecule has 0 bridgehead atoms. The van der Waals surface area contributed by atoms with Gasteiger partial charge in [0.15, 0.2) is 0 Å². The van der Waals surface area contributed by atoms with Crippen molar-refractivity contribution in [3.05, 3.63) is 65.5 Å². The van der Waals surface area contributed by atoms with Crippen LogP contribution in [0.25, 0.3) is 0 Å². The highest BCUT2D eigenvalue weighted by molar-refractivity contribution is 5.73. The van der Waals surface area contributed by atoms with E-state index < -0.39 is 0 Å². The van der Waals surface area contributed by atoms with Crippen molar-refractivity contribution >= 4 is 6.03 Å². The number of carbonyl (C=O) groups excluding carboxylic acids is 1. The minimum Gasteiger partial charge on any atom is -0.338 e. The highest BCUT2D eigenvalue weighted by Gasteiger charge is 2.02. The van der Waals surface area contributed by atoms with E-state index in [0.717, 1.165) is 12.0 Å². The van der Waals surface area contributed by atoms with E-state index in [1.807, 2.05) is 12.1 Å². The maximum atomic E-state index is 11.7. The molecular weight excluding hydrogens is 274 g/mol. The average molecular weight is 297 g/mol. The Morgan fingerprint density at radius 3 is 2.50 bits per heavy atom. The number of amides is 2. The molecule has 0 unspecified atom stereocenters. The van der Waals surface area contributed by atoms with Gasteiger partial charge in [0.05, 0.1) is 0 Å². The quantitative estimate of drug-likeness (QED) is 0.860. The second-order valence-electron chi connectivity index (χ2n) is 5.62. The van der Waals surface area contributed by atoms with Gasteiger partial charge in [-0.25, -0.2) is 4.79 Å². The van der Waals surface area contributed by atoms with Crippen LogP contribution in [0.4, 0.5) is 4.79 Å². The molecule has 2 aromatic rings. The molecule has 0 aliphatic rings. The summed E-state index contributed by atoms with van der Waals surface area (Å²) in [5.41, 5.74) is 3.56. The van der Waals surface area contributed by atoms with E-state index in [9.17, 15) is 4.79 Å². The molecule has 1 heterocycles. The van der Waals surface area contributed by atoms with Crippen molar-refractivity contribution in [2.75, 3.05) is 6.54 Å². The van der Waals surface area contributed by atoms with Gasteiger partial charge < -0.3 is 10.6 Å². The fourth-order valence-electron chi connectivity index (χ4n) is 2.14. The summed E-state index contributed by atoms with van der Waals surface area (Å²) in [6, 6.07) is 12.2. The predicted molar refractivity (Wildman–Crippen MR) is 88.7 cm³/mol. The molecule has 0 fully saturated rings. The number of aromatic nitrogens is 1. The third-order valence-corrected chi connectivity index (χ3v) is 3.52. The molecule has 1 aromatic carbocycles. The van der Waals surface area contributed by atoms with Gasteiger partial charge in [0.1, 0.15) is 0 Å². The Balaban J connectivity index is 1.68. The van der Waals surface area contributed by atoms with Crippen LogP contribution < -0.4 is 10.6 Å². The molecule has 4 nitrogen and oxygen atoms in total. The maximum Gasteiger partial charge on any atom is 0.315 e. The largest absolute Gasteiger partial charge is 0.338 e. The molecule has 116 valence electrons. The minimum atomic E-state index is -0.150. The van der Waals surface area contributed by atoms with Crippen molar-refractivity contribution in [3.63, 3.8) is 0 Å². The van der Waals surface area contributed by atoms with Crippen LogP contribution in [0.15, 0.2) is 48.8 Å². The van der Waals surface area contributed by atoms with Crippen LogP contribution in [0.2, 0.25) is 0 Å². The van der Waals surface area contributed by atoms with Crippen LogP contribution in [0.3, 0.4) is 0 Å². The fraction of sp³-hybridized carbons (Fsp3) is 0.333. The number of nitrogens with zero attached hydrogens (tertiary/aromatic N) is 1. The van der Waals surface area contributed by atoms with E-state index in [2.05, 4.69) is 53.7 Å². The van der Waals surface area contributed by atoms with Crippen molar-refractivity contribution < 1.29 is 4.79 Å². The smallest absolute Gasteiger partial charge is 0.315 e. The zero-order chi connectivity index (χ0) is 15.8. The molecule has 0 saturated carbocycles. The number of hydrogen-bond acceptors (Lipinski definition) is 2. The summed E-state index contributed by atoms with van der Waals surface area (Å²) >= 11 is 0. The molecule has 0 saturated heterocycles. The lowest BCUT2D eigenvalue weighted by Gasteiger charge is -2.09. The summed E-state index contributed by atoms with van der Waals surface area (Å²) in [7, 11) is 0. The van der Waals surface area contributed by atoms with Gasteiger partial charge in [0.25, 0.3) is 0 Å². The van der Waals surface area contributed by atoms with Gasteiger partial charge in [-0.1, -0.05) is 44.2 Å². The van der Waals surface area contributed by atoms with E-state index in [1.165, 1.54) is 11.1 Å². The van der Waals surface area contributed by atoms with Gasteiger partial charge in [-0.05, 0) is 35.1 Å². The Morgan fingerprint density at radius 2 is 1.86 bits per heavy atom. The average Bonchev–Trinajstić information content (AvgIpc) is 2.54. The maximum absolute atomic E-state index is 11.7. The van der Waals surface area contributed by atoms with Crippen molar-refractivity contribution in [1.82, 2.24) is 15.6 Å². The van der Waals surface area contributed by atoms with E-state index in [1.54, 1.807) is 12.4 Å². The molecule has 22 heavy (non-hydrogen) atoms. The van der Waals surface area contributed by atoms with Gasteiger partial charge in [-0.3, -0.25) is 4.98 Å². The van der Waals surface area contributed by atoms with Crippen molar-refractivity contribution in [3.8, 4) is 0 Å². The lowest BCUT2D eigenvalue weighted by atomic mass is 10.0. The number of rotatable bonds is 6. The second kappa shape index (κ2) is 8.17. The van der Waals surface area contributed by atoms with E-state index in [0.29, 0.717) is 19.0 Å². The molecule has 0 spiro atoms. The highest BCUT2D eigenvalue weighted by atomic mass is 16.2. The first-order valence-corrected chi connectivity index (χ1v) is 7.64. The first kappa shape index (κ1) is 16.0. The first-order chi connectivity index (χ1) is 10.6. The van der Waals surface area contributed by atoms with Crippen molar-refractivity contribution in [2.45, 2.75) is 32.7 Å². The summed E-state index contributed by atoms with van der Waals surface area (Å²) in [4.78, 5) is 15.7. The topological polar surface area (TPSA) is 54.0 Å². The Labute approximate surface area is 132 Å². The van der Waals surface area contributed by atoms with Gasteiger partial charge in [-0.2, -0.15) is 0 Å². The normalized spacial score (nSPS) is 10.5. The third kappa shape index (κ3) is 5.20. The molecule has 0 aliphatic carbocycles. The van der Waals surface area contributed by atoms with Gasteiger partial charge in [-0.15, -0.1) is 0 Å². The standard InChI is InChI=1S/C18H23N3O/c1-14(2)17-7-5-15(6-8-17)9-11-20-18(22)21-13-16-4-3-10-19-12-16/h3-8,10,12,14H,9,11,13H2,1-2H3,(H2,20,21,22). The zero-order valence-corrected chi connectivity index (χ0v) is 13.2. The van der Waals surface area contributed by atoms with Crippen LogP contribution in [0, 0.1) is 0 Å². The second-order valence-corrected chi connectivity index (χ2v) is 5.62. The van der Waals surface area contributed by atoms with Crippen molar-refractivity contribution in [2.24, 2.45) is 0 Å². The number of pyridine rings is 1. The van der Waals surface area contributed by atoms with Crippen molar-refractivity contribution in [1.29, 1.82) is 0 Å². The van der Waals surface area contributed by atoms with Crippen LogP contribution in [-0.2, 0) is 13.0 Å². The molecule has 1 aromatic heterocycles. The zero-order valence-electron chi connectivity index (χ0n) is 13.2. The van der Waals surface area contributed by atoms with Crippen LogP contribution >= 0.6 is 0 Å². The van der Waals surface area contributed by atoms with Crippen LogP contribution in [0.1, 0.15) is 36.5 Å². The SMILES string of the molecule is CC(C)c1ccc(CCNC(=O)NCc2cccnc2)cc1. The van der Waals surface area contributed by atoms with Crippen LogP contribution in [-0.4, -0.2) is 17.6 Å². The number of benzene rings is 1. The fourth-order valence-corrected chi connectivity index (χ4v) is 2.14. The van der Waals surface area contributed by atoms with Gasteiger partial charge in [0.2, 0.25) is 0 Å². The van der Waals surface area contributed by atoms with Crippen LogP contribution in [0.5, 0.6) is 0 Å². The third-order valence-electron chi connectivity index (χ3n) is 3.52. The number of hydrogen-bond donors (Lipinski definition) is 2. The minimum absolute atomic E-state index is 0.150. The Morgan fingerprint density at radius 1 is 1.09 bits per heavy atom. The molecule has 2 N–H and O–H groups in total. The molecule has 0 atom stereocenters. The molecule has 0 radical (unpaired) electrons. The van der Waals surface area contributed by atoms with E-state index in [-0.39, 0.29) is 6.03 Å². The van der Waals surface area contributed by atoms with E-state index >= 15 is 0 Å².